The van der Waals surface area contributed by atoms with Crippen LogP contribution in [0.4, 0.5) is 0 Å². The van der Waals surface area contributed by atoms with Crippen LogP contribution in [0.2, 0.25) is 0 Å². The number of carbonyl (C=O) groups is 1. The molecule has 0 aliphatic carbocycles. The predicted octanol–water partition coefficient (Wildman–Crippen LogP) is 5.08. The molecule has 0 saturated heterocycles. The van der Waals surface area contributed by atoms with Crippen molar-refractivity contribution < 1.29 is 9.90 Å². The van der Waals surface area contributed by atoms with E-state index in [1.807, 2.05) is 14.1 Å². The zero-order chi connectivity index (χ0) is 17.3. The zero-order valence-corrected chi connectivity index (χ0v) is 15.7. The summed E-state index contributed by atoms with van der Waals surface area (Å²) in [4.78, 5) is 13.1. The second-order valence-electron chi connectivity index (χ2n) is 6.80. The molecule has 0 aromatic heterocycles. The molecule has 0 saturated carbocycles. The normalized spacial score (nSPS) is 12.7. The number of aliphatic hydroxyl groups excluding tert-OH is 1. The van der Waals surface area contributed by atoms with Gasteiger partial charge in [0, 0.05) is 20.5 Å². The third kappa shape index (κ3) is 15.8. The summed E-state index contributed by atoms with van der Waals surface area (Å²) in [5, 5.41) is 9.85. The van der Waals surface area contributed by atoms with Gasteiger partial charge in [-0.25, -0.2) is 0 Å². The van der Waals surface area contributed by atoms with E-state index < -0.39 is 0 Å². The van der Waals surface area contributed by atoms with Crippen LogP contribution in [0.5, 0.6) is 0 Å². The molecule has 0 heterocycles. The second-order valence-corrected chi connectivity index (χ2v) is 6.80. The van der Waals surface area contributed by atoms with Crippen LogP contribution in [-0.4, -0.2) is 36.1 Å². The van der Waals surface area contributed by atoms with E-state index >= 15 is 0 Å². The summed E-state index contributed by atoms with van der Waals surface area (Å²) in [5.74, 6) is 0.237. The second kappa shape index (κ2) is 16.0. The molecule has 1 N–H and O–H groups in total. The summed E-state index contributed by atoms with van der Waals surface area (Å²) in [6.07, 6.45) is 18.5. The van der Waals surface area contributed by atoms with Gasteiger partial charge in [-0.3, -0.25) is 4.79 Å². The molecule has 1 amide bonds. The first-order valence-corrected chi connectivity index (χ1v) is 9.61. The van der Waals surface area contributed by atoms with E-state index in [0.717, 1.165) is 38.5 Å². The van der Waals surface area contributed by atoms with Gasteiger partial charge in [-0.1, -0.05) is 64.0 Å². The number of rotatable bonds is 15. The molecule has 0 radical (unpaired) electrons. The molecule has 0 bridgehead atoms. The molecule has 0 aromatic rings. The van der Waals surface area contributed by atoms with Crippen LogP contribution < -0.4 is 0 Å². The van der Waals surface area contributed by atoms with Crippen molar-refractivity contribution in [3.05, 3.63) is 12.2 Å². The Balaban J connectivity index is 3.32. The lowest BCUT2D eigenvalue weighted by Gasteiger charge is -2.09. The molecule has 23 heavy (non-hydrogen) atoms. The molecule has 0 spiro atoms. The third-order valence-corrected chi connectivity index (χ3v) is 4.23. The van der Waals surface area contributed by atoms with Crippen molar-refractivity contribution in [2.45, 2.75) is 96.5 Å². The van der Waals surface area contributed by atoms with Gasteiger partial charge >= 0.3 is 0 Å². The maximum Gasteiger partial charge on any atom is 0.222 e. The highest BCUT2D eigenvalue weighted by Crippen LogP contribution is 2.10. The summed E-state index contributed by atoms with van der Waals surface area (Å²) in [6.45, 7) is 2.21. The first kappa shape index (κ1) is 22.2. The molecule has 1 atom stereocenters. The average molecular weight is 326 g/mol. The van der Waals surface area contributed by atoms with E-state index in [4.69, 9.17) is 0 Å². The molecule has 0 aliphatic heterocycles. The Morgan fingerprint density at radius 2 is 1.61 bits per heavy atom. The third-order valence-electron chi connectivity index (χ3n) is 4.23. The van der Waals surface area contributed by atoms with E-state index in [-0.39, 0.29) is 12.0 Å². The van der Waals surface area contributed by atoms with E-state index in [1.54, 1.807) is 4.90 Å². The van der Waals surface area contributed by atoms with Crippen molar-refractivity contribution in [2.24, 2.45) is 0 Å². The van der Waals surface area contributed by atoms with Crippen molar-refractivity contribution in [1.29, 1.82) is 0 Å². The Hall–Kier alpha value is -0.830. The zero-order valence-electron chi connectivity index (χ0n) is 15.7. The highest BCUT2D eigenvalue weighted by Gasteiger charge is 2.02. The van der Waals surface area contributed by atoms with Gasteiger partial charge < -0.3 is 10.0 Å². The van der Waals surface area contributed by atoms with Crippen LogP contribution in [0.15, 0.2) is 12.2 Å². The van der Waals surface area contributed by atoms with Crippen molar-refractivity contribution in [2.75, 3.05) is 14.1 Å². The molecular formula is C20H39NO2. The lowest BCUT2D eigenvalue weighted by Crippen LogP contribution is -2.20. The summed E-state index contributed by atoms with van der Waals surface area (Å²) in [6, 6.07) is 0. The topological polar surface area (TPSA) is 40.5 Å². The average Bonchev–Trinajstić information content (AvgIpc) is 2.53. The minimum Gasteiger partial charge on any atom is -0.393 e. The highest BCUT2D eigenvalue weighted by atomic mass is 16.3. The molecular weight excluding hydrogens is 286 g/mol. The van der Waals surface area contributed by atoms with Gasteiger partial charge in [-0.15, -0.1) is 0 Å². The maximum atomic E-state index is 11.4. The molecule has 0 rings (SSSR count). The summed E-state index contributed by atoms with van der Waals surface area (Å²) in [5.41, 5.74) is 0. The van der Waals surface area contributed by atoms with Gasteiger partial charge in [0.2, 0.25) is 5.91 Å². The van der Waals surface area contributed by atoms with E-state index in [2.05, 4.69) is 19.1 Å². The van der Waals surface area contributed by atoms with Crippen LogP contribution >= 0.6 is 0 Å². The Morgan fingerprint density at radius 1 is 0.957 bits per heavy atom. The van der Waals surface area contributed by atoms with Gasteiger partial charge in [0.05, 0.1) is 6.10 Å². The molecule has 136 valence electrons. The number of carbonyl (C=O) groups excluding carboxylic acids is 1. The smallest absolute Gasteiger partial charge is 0.222 e. The first-order chi connectivity index (χ1) is 11.1. The number of nitrogens with zero attached hydrogens (tertiary/aromatic N) is 1. The molecule has 3 nitrogen and oxygen atoms in total. The monoisotopic (exact) mass is 325 g/mol. The van der Waals surface area contributed by atoms with E-state index in [9.17, 15) is 9.90 Å². The Kier molecular flexibility index (Phi) is 15.5. The van der Waals surface area contributed by atoms with Crippen LogP contribution in [0.3, 0.4) is 0 Å². The van der Waals surface area contributed by atoms with Crippen LogP contribution in [0, 0.1) is 0 Å². The van der Waals surface area contributed by atoms with Crippen molar-refractivity contribution in [3.63, 3.8) is 0 Å². The summed E-state index contributed by atoms with van der Waals surface area (Å²) >= 11 is 0. The van der Waals surface area contributed by atoms with Crippen LogP contribution in [-0.2, 0) is 4.79 Å². The van der Waals surface area contributed by atoms with Crippen LogP contribution in [0.25, 0.3) is 0 Å². The lowest BCUT2D eigenvalue weighted by atomic mass is 10.1. The number of hydrogen-bond donors (Lipinski definition) is 1. The standard InChI is InChI=1S/C20H39NO2/c1-4-5-6-13-16-19(22)17-14-11-9-7-8-10-12-15-18-20(23)21(2)3/h11,14,19,22H,4-10,12-13,15-18H2,1-3H3/b14-11-. The Morgan fingerprint density at radius 3 is 2.30 bits per heavy atom. The largest absolute Gasteiger partial charge is 0.393 e. The lowest BCUT2D eigenvalue weighted by molar-refractivity contribution is -0.128. The van der Waals surface area contributed by atoms with E-state index in [1.165, 1.54) is 38.5 Å². The van der Waals surface area contributed by atoms with Crippen molar-refractivity contribution in [3.8, 4) is 0 Å². The minimum atomic E-state index is -0.155. The molecule has 0 aromatic carbocycles. The summed E-state index contributed by atoms with van der Waals surface area (Å²) in [7, 11) is 3.63. The first-order valence-electron chi connectivity index (χ1n) is 9.61. The van der Waals surface area contributed by atoms with Gasteiger partial charge in [0.15, 0.2) is 0 Å². The van der Waals surface area contributed by atoms with Gasteiger partial charge in [0.25, 0.3) is 0 Å². The number of aliphatic hydroxyl groups is 1. The fraction of sp³-hybridized carbons (Fsp3) is 0.850. The fourth-order valence-corrected chi connectivity index (χ4v) is 2.59. The minimum absolute atomic E-state index is 0.155. The molecule has 3 heteroatoms. The van der Waals surface area contributed by atoms with Crippen LogP contribution in [0.1, 0.15) is 90.4 Å². The van der Waals surface area contributed by atoms with Crippen molar-refractivity contribution in [1.82, 2.24) is 4.90 Å². The SMILES string of the molecule is CCCCCCC(O)C/C=C\CCCCCCCC(=O)N(C)C. The molecule has 0 aliphatic rings. The number of unbranched alkanes of at least 4 members (excludes halogenated alkanes) is 8. The fourth-order valence-electron chi connectivity index (χ4n) is 2.59. The molecule has 1 unspecified atom stereocenters. The number of amides is 1. The Bertz CT molecular complexity index is 300. The molecule has 0 fully saturated rings. The predicted molar refractivity (Wildman–Crippen MR) is 99.5 cm³/mol. The van der Waals surface area contributed by atoms with Crippen molar-refractivity contribution >= 4 is 5.91 Å². The quantitative estimate of drug-likeness (QED) is 0.337. The maximum absolute atomic E-state index is 11.4. The highest BCUT2D eigenvalue weighted by molar-refractivity contribution is 5.75. The summed E-state index contributed by atoms with van der Waals surface area (Å²) < 4.78 is 0. The Labute approximate surface area is 144 Å². The van der Waals surface area contributed by atoms with Gasteiger partial charge in [-0.2, -0.15) is 0 Å². The van der Waals surface area contributed by atoms with Gasteiger partial charge in [-0.05, 0) is 32.1 Å². The van der Waals surface area contributed by atoms with Gasteiger partial charge in [0.1, 0.15) is 0 Å². The van der Waals surface area contributed by atoms with E-state index in [0.29, 0.717) is 6.42 Å². The number of allylic oxidation sites excluding steroid dienone is 1. The number of hydrogen-bond acceptors (Lipinski definition) is 2.